The highest BCUT2D eigenvalue weighted by atomic mass is 16.5. The summed E-state index contributed by atoms with van der Waals surface area (Å²) in [6, 6.07) is 5.42. The Kier molecular flexibility index (Phi) is 7.97. The number of aryl methyl sites for hydroxylation is 1. The Bertz CT molecular complexity index is 570. The Balaban J connectivity index is 0.000000816. The predicted octanol–water partition coefficient (Wildman–Crippen LogP) is 2.74. The van der Waals surface area contributed by atoms with E-state index in [1.54, 1.807) is 33.5 Å². The van der Waals surface area contributed by atoms with Crippen LogP contribution in [0, 0.1) is 18.8 Å². The van der Waals surface area contributed by atoms with Gasteiger partial charge in [-0.2, -0.15) is 0 Å². The topological polar surface area (TPSA) is 55.8 Å². The largest absolute Gasteiger partial charge is 0.388 e. The van der Waals surface area contributed by atoms with Crippen LogP contribution in [0.4, 0.5) is 0 Å². The monoisotopic (exact) mass is 318 g/mol. The van der Waals surface area contributed by atoms with Crippen molar-refractivity contribution in [2.45, 2.75) is 44.3 Å². The van der Waals surface area contributed by atoms with Gasteiger partial charge in [0, 0.05) is 32.5 Å². The molecule has 2 atom stereocenters. The van der Waals surface area contributed by atoms with Crippen LogP contribution in [0.2, 0.25) is 0 Å². The molecular formula is C19H26O4. The predicted molar refractivity (Wildman–Crippen MR) is 90.6 cm³/mol. The average Bonchev–Trinajstić information content (AvgIpc) is 2.54. The summed E-state index contributed by atoms with van der Waals surface area (Å²) in [5.41, 5.74) is 1.30. The number of ether oxygens (including phenoxy) is 2. The molecule has 1 fully saturated rings. The van der Waals surface area contributed by atoms with E-state index in [0.29, 0.717) is 12.0 Å². The normalized spacial score (nSPS) is 23.1. The molecule has 0 amide bonds. The van der Waals surface area contributed by atoms with Gasteiger partial charge in [0.15, 0.2) is 5.60 Å². The summed E-state index contributed by atoms with van der Waals surface area (Å²) >= 11 is 0. The molecule has 0 aromatic heterocycles. The van der Waals surface area contributed by atoms with Crippen LogP contribution < -0.4 is 0 Å². The summed E-state index contributed by atoms with van der Waals surface area (Å²) in [5, 5.41) is 10.6. The van der Waals surface area contributed by atoms with Crippen LogP contribution in [-0.4, -0.2) is 44.4 Å². The van der Waals surface area contributed by atoms with E-state index < -0.39 is 5.60 Å². The van der Waals surface area contributed by atoms with E-state index in [4.69, 9.17) is 4.74 Å². The number of methoxy groups -OCH3 is 2. The van der Waals surface area contributed by atoms with Crippen LogP contribution in [-0.2, 0) is 9.47 Å². The Morgan fingerprint density at radius 1 is 1.30 bits per heavy atom. The van der Waals surface area contributed by atoms with Crippen molar-refractivity contribution in [3.05, 3.63) is 34.9 Å². The van der Waals surface area contributed by atoms with Gasteiger partial charge in [-0.05, 0) is 43.9 Å². The molecule has 0 saturated heterocycles. The third-order valence-electron chi connectivity index (χ3n) is 3.91. The minimum absolute atomic E-state index is 0.223. The fourth-order valence-corrected chi connectivity index (χ4v) is 2.65. The first-order valence-electron chi connectivity index (χ1n) is 7.75. The SMILES string of the molecule is COC.COC1CCCCC1(O)C#Cc1ccc(C=O)c(C)c1. The van der Waals surface area contributed by atoms with E-state index in [-0.39, 0.29) is 6.10 Å². The van der Waals surface area contributed by atoms with Gasteiger partial charge in [0.2, 0.25) is 0 Å². The van der Waals surface area contributed by atoms with Crippen LogP contribution in [0.25, 0.3) is 0 Å². The van der Waals surface area contributed by atoms with Gasteiger partial charge in [0.1, 0.15) is 6.29 Å². The molecule has 126 valence electrons. The van der Waals surface area contributed by atoms with E-state index in [1.165, 1.54) is 0 Å². The summed E-state index contributed by atoms with van der Waals surface area (Å²) in [7, 11) is 4.87. The number of rotatable bonds is 2. The Hall–Kier alpha value is -1.67. The van der Waals surface area contributed by atoms with Crippen molar-refractivity contribution in [1.82, 2.24) is 0 Å². The highest BCUT2D eigenvalue weighted by Crippen LogP contribution is 2.30. The second kappa shape index (κ2) is 9.46. The fraction of sp³-hybridized carbons (Fsp3) is 0.526. The zero-order chi connectivity index (χ0) is 17.3. The molecule has 1 saturated carbocycles. The van der Waals surface area contributed by atoms with Gasteiger partial charge in [0.25, 0.3) is 0 Å². The summed E-state index contributed by atoms with van der Waals surface area (Å²) < 4.78 is 9.61. The average molecular weight is 318 g/mol. The van der Waals surface area contributed by atoms with E-state index in [0.717, 1.165) is 36.7 Å². The maximum absolute atomic E-state index is 10.8. The first kappa shape index (κ1) is 19.4. The molecule has 2 rings (SSSR count). The van der Waals surface area contributed by atoms with Gasteiger partial charge in [-0.1, -0.05) is 24.3 Å². The van der Waals surface area contributed by atoms with Gasteiger partial charge < -0.3 is 14.6 Å². The van der Waals surface area contributed by atoms with Crippen molar-refractivity contribution in [3.8, 4) is 11.8 Å². The molecule has 1 aliphatic rings. The van der Waals surface area contributed by atoms with E-state index >= 15 is 0 Å². The molecule has 1 N–H and O–H groups in total. The maximum atomic E-state index is 10.8. The minimum Gasteiger partial charge on any atom is -0.388 e. The maximum Gasteiger partial charge on any atom is 0.151 e. The molecule has 0 heterocycles. The molecule has 0 radical (unpaired) electrons. The molecule has 2 unspecified atom stereocenters. The van der Waals surface area contributed by atoms with Crippen LogP contribution in [0.15, 0.2) is 18.2 Å². The van der Waals surface area contributed by atoms with E-state index in [1.807, 2.05) is 13.0 Å². The molecule has 0 bridgehead atoms. The zero-order valence-corrected chi connectivity index (χ0v) is 14.4. The molecule has 1 aromatic rings. The number of hydrogen-bond acceptors (Lipinski definition) is 4. The molecule has 0 aliphatic heterocycles. The third kappa shape index (κ3) is 5.47. The summed E-state index contributed by atoms with van der Waals surface area (Å²) in [4.78, 5) is 10.8. The zero-order valence-electron chi connectivity index (χ0n) is 14.4. The molecule has 1 aliphatic carbocycles. The second-order valence-electron chi connectivity index (χ2n) is 5.74. The molecule has 4 nitrogen and oxygen atoms in total. The van der Waals surface area contributed by atoms with Gasteiger partial charge >= 0.3 is 0 Å². The van der Waals surface area contributed by atoms with Crippen molar-refractivity contribution in [2.24, 2.45) is 0 Å². The lowest BCUT2D eigenvalue weighted by Gasteiger charge is -2.34. The number of hydrogen-bond donors (Lipinski definition) is 1. The lowest BCUT2D eigenvalue weighted by molar-refractivity contribution is -0.0795. The van der Waals surface area contributed by atoms with E-state index in [9.17, 15) is 9.90 Å². The first-order valence-corrected chi connectivity index (χ1v) is 7.75. The Morgan fingerprint density at radius 3 is 2.57 bits per heavy atom. The Labute approximate surface area is 138 Å². The molecule has 23 heavy (non-hydrogen) atoms. The number of aldehydes is 1. The summed E-state index contributed by atoms with van der Waals surface area (Å²) in [6.07, 6.45) is 4.12. The summed E-state index contributed by atoms with van der Waals surface area (Å²) in [5.74, 6) is 5.99. The first-order chi connectivity index (χ1) is 11.0. The second-order valence-corrected chi connectivity index (χ2v) is 5.74. The highest BCUT2D eigenvalue weighted by Gasteiger charge is 2.37. The number of carbonyl (C=O) groups excluding carboxylic acids is 1. The number of aliphatic hydroxyl groups is 1. The van der Waals surface area contributed by atoms with Crippen molar-refractivity contribution < 1.29 is 19.4 Å². The van der Waals surface area contributed by atoms with Crippen LogP contribution in [0.3, 0.4) is 0 Å². The lowest BCUT2D eigenvalue weighted by Crippen LogP contribution is -2.44. The highest BCUT2D eigenvalue weighted by molar-refractivity contribution is 5.77. The molecule has 0 spiro atoms. The smallest absolute Gasteiger partial charge is 0.151 e. The van der Waals surface area contributed by atoms with Crippen molar-refractivity contribution in [2.75, 3.05) is 21.3 Å². The number of carbonyl (C=O) groups is 1. The van der Waals surface area contributed by atoms with Crippen LogP contribution in [0.1, 0.15) is 47.2 Å². The van der Waals surface area contributed by atoms with Gasteiger partial charge in [-0.15, -0.1) is 0 Å². The van der Waals surface area contributed by atoms with Crippen molar-refractivity contribution in [1.29, 1.82) is 0 Å². The van der Waals surface area contributed by atoms with Crippen molar-refractivity contribution >= 4 is 6.29 Å². The number of benzene rings is 1. The summed E-state index contributed by atoms with van der Waals surface area (Å²) in [6.45, 7) is 1.88. The van der Waals surface area contributed by atoms with Gasteiger partial charge in [-0.25, -0.2) is 0 Å². The molecular weight excluding hydrogens is 292 g/mol. The van der Waals surface area contributed by atoms with E-state index in [2.05, 4.69) is 16.6 Å². The van der Waals surface area contributed by atoms with Crippen LogP contribution in [0.5, 0.6) is 0 Å². The Morgan fingerprint density at radius 2 is 2.00 bits per heavy atom. The van der Waals surface area contributed by atoms with Crippen molar-refractivity contribution in [3.63, 3.8) is 0 Å². The lowest BCUT2D eigenvalue weighted by atomic mass is 9.82. The van der Waals surface area contributed by atoms with Gasteiger partial charge in [-0.3, -0.25) is 4.79 Å². The quantitative estimate of drug-likeness (QED) is 0.673. The molecule has 1 aromatic carbocycles. The fourth-order valence-electron chi connectivity index (χ4n) is 2.65. The molecule has 4 heteroatoms. The standard InChI is InChI=1S/C17H20O3.C2H6O/c1-13-11-14(6-7-15(13)12-18)8-10-17(19)9-4-3-5-16(17)20-2;1-3-2/h6-7,11-12,16,19H,3-5,9H2,1-2H3;1-2H3. The third-order valence-corrected chi connectivity index (χ3v) is 3.91. The van der Waals surface area contributed by atoms with Gasteiger partial charge in [0.05, 0.1) is 6.10 Å². The van der Waals surface area contributed by atoms with Crippen LogP contribution >= 0.6 is 0 Å². The minimum atomic E-state index is -1.07.